The van der Waals surface area contributed by atoms with Gasteiger partial charge in [0, 0.05) is 0 Å². The van der Waals surface area contributed by atoms with Crippen molar-refractivity contribution in [3.8, 4) is 0 Å². The van der Waals surface area contributed by atoms with Gasteiger partial charge in [0.15, 0.2) is 5.76 Å². The summed E-state index contributed by atoms with van der Waals surface area (Å²) in [5, 5.41) is 10.4. The normalized spacial score (nSPS) is 26.5. The van der Waals surface area contributed by atoms with Crippen molar-refractivity contribution < 1.29 is 18.8 Å². The second-order valence-electron chi connectivity index (χ2n) is 3.37. The van der Waals surface area contributed by atoms with Gasteiger partial charge >= 0.3 is 5.88 Å². The molecule has 2 atom stereocenters. The zero-order valence-electron chi connectivity index (χ0n) is 8.21. The molecule has 1 fully saturated rings. The predicted molar refractivity (Wildman–Crippen MR) is 49.2 cm³/mol. The van der Waals surface area contributed by atoms with Gasteiger partial charge in [0.05, 0.1) is 18.8 Å². The van der Waals surface area contributed by atoms with E-state index in [2.05, 4.69) is 0 Å². The summed E-state index contributed by atoms with van der Waals surface area (Å²) >= 11 is 0. The van der Waals surface area contributed by atoms with Crippen molar-refractivity contribution in [1.82, 2.24) is 0 Å². The fourth-order valence-electron chi connectivity index (χ4n) is 1.38. The van der Waals surface area contributed by atoms with Crippen molar-refractivity contribution in [1.29, 1.82) is 0 Å². The summed E-state index contributed by atoms with van der Waals surface area (Å²) in [6, 6.07) is 2.79. The smallest absolute Gasteiger partial charge is 0.400 e. The SMILES string of the molecule is CC1CCOC(c2ccc([N+](=O)[O-])o2)O1. The number of nitro groups is 1. The predicted octanol–water partition coefficient (Wildman–Crippen LogP) is 2.01. The Kier molecular flexibility index (Phi) is 2.70. The van der Waals surface area contributed by atoms with E-state index in [1.54, 1.807) is 0 Å². The van der Waals surface area contributed by atoms with Crippen molar-refractivity contribution in [3.63, 3.8) is 0 Å². The first-order valence-electron chi connectivity index (χ1n) is 4.68. The average molecular weight is 213 g/mol. The molecule has 6 nitrogen and oxygen atoms in total. The van der Waals surface area contributed by atoms with Gasteiger partial charge < -0.3 is 13.9 Å². The maximum Gasteiger partial charge on any atom is 0.433 e. The Labute approximate surface area is 85.9 Å². The van der Waals surface area contributed by atoms with Gasteiger partial charge in [-0.25, -0.2) is 0 Å². The molecule has 0 amide bonds. The van der Waals surface area contributed by atoms with Crippen LogP contribution in [0, 0.1) is 10.1 Å². The summed E-state index contributed by atoms with van der Waals surface area (Å²) in [6.45, 7) is 2.49. The molecular formula is C9H11NO5. The molecule has 6 heteroatoms. The zero-order valence-corrected chi connectivity index (χ0v) is 8.21. The molecule has 2 heterocycles. The summed E-state index contributed by atoms with van der Waals surface area (Å²) in [4.78, 5) is 9.80. The van der Waals surface area contributed by atoms with Crippen LogP contribution >= 0.6 is 0 Å². The van der Waals surface area contributed by atoms with Gasteiger partial charge in [0.1, 0.15) is 4.92 Å². The second kappa shape index (κ2) is 4.00. The van der Waals surface area contributed by atoms with E-state index in [0.717, 1.165) is 6.42 Å². The van der Waals surface area contributed by atoms with E-state index in [-0.39, 0.29) is 12.0 Å². The highest BCUT2D eigenvalue weighted by atomic mass is 16.7. The Morgan fingerprint density at radius 3 is 2.93 bits per heavy atom. The number of rotatable bonds is 2. The van der Waals surface area contributed by atoms with Gasteiger partial charge in [-0.15, -0.1) is 0 Å². The maximum absolute atomic E-state index is 10.4. The molecule has 1 aliphatic rings. The number of hydrogen-bond donors (Lipinski definition) is 0. The molecule has 0 radical (unpaired) electrons. The Morgan fingerprint density at radius 1 is 1.53 bits per heavy atom. The molecule has 82 valence electrons. The van der Waals surface area contributed by atoms with Crippen LogP contribution in [0.3, 0.4) is 0 Å². The van der Waals surface area contributed by atoms with Crippen LogP contribution in [0.5, 0.6) is 0 Å². The van der Waals surface area contributed by atoms with Gasteiger partial charge in [0.25, 0.3) is 0 Å². The van der Waals surface area contributed by atoms with Gasteiger partial charge in [-0.1, -0.05) is 0 Å². The summed E-state index contributed by atoms with van der Waals surface area (Å²) in [6.07, 6.45) is 0.273. The van der Waals surface area contributed by atoms with Crippen LogP contribution in [0.25, 0.3) is 0 Å². The van der Waals surface area contributed by atoms with E-state index in [1.165, 1.54) is 12.1 Å². The molecule has 0 saturated carbocycles. The summed E-state index contributed by atoms with van der Waals surface area (Å²) in [5.41, 5.74) is 0. The van der Waals surface area contributed by atoms with Gasteiger partial charge in [-0.3, -0.25) is 10.1 Å². The molecule has 1 aliphatic heterocycles. The summed E-state index contributed by atoms with van der Waals surface area (Å²) in [7, 11) is 0. The van der Waals surface area contributed by atoms with Crippen molar-refractivity contribution in [3.05, 3.63) is 28.0 Å². The first-order valence-corrected chi connectivity index (χ1v) is 4.68. The molecule has 0 bridgehead atoms. The van der Waals surface area contributed by atoms with Crippen LogP contribution < -0.4 is 0 Å². The summed E-state index contributed by atoms with van der Waals surface area (Å²) < 4.78 is 15.7. The van der Waals surface area contributed by atoms with Crippen molar-refractivity contribution >= 4 is 5.88 Å². The van der Waals surface area contributed by atoms with Gasteiger partial charge in [-0.2, -0.15) is 0 Å². The number of furan rings is 1. The van der Waals surface area contributed by atoms with Crippen LogP contribution in [-0.2, 0) is 9.47 Å². The summed E-state index contributed by atoms with van der Waals surface area (Å²) in [5.74, 6) is 0.0451. The third kappa shape index (κ3) is 2.16. The molecule has 2 rings (SSSR count). The molecule has 1 aromatic rings. The fourth-order valence-corrected chi connectivity index (χ4v) is 1.38. The second-order valence-corrected chi connectivity index (χ2v) is 3.37. The molecular weight excluding hydrogens is 202 g/mol. The highest BCUT2D eigenvalue weighted by molar-refractivity contribution is 5.18. The lowest BCUT2D eigenvalue weighted by atomic mass is 10.2. The third-order valence-corrected chi connectivity index (χ3v) is 2.17. The van der Waals surface area contributed by atoms with Crippen molar-refractivity contribution in [2.24, 2.45) is 0 Å². The Balaban J connectivity index is 2.11. The lowest BCUT2D eigenvalue weighted by molar-refractivity contribution is -0.403. The van der Waals surface area contributed by atoms with Crippen molar-refractivity contribution in [2.75, 3.05) is 6.61 Å². The van der Waals surface area contributed by atoms with E-state index < -0.39 is 11.2 Å². The Hall–Kier alpha value is -1.40. The Bertz CT molecular complexity index is 361. The van der Waals surface area contributed by atoms with Crippen molar-refractivity contribution in [2.45, 2.75) is 25.7 Å². The van der Waals surface area contributed by atoms with Gasteiger partial charge in [0.2, 0.25) is 6.29 Å². The highest BCUT2D eigenvalue weighted by Crippen LogP contribution is 2.29. The highest BCUT2D eigenvalue weighted by Gasteiger charge is 2.26. The molecule has 15 heavy (non-hydrogen) atoms. The molecule has 0 aliphatic carbocycles. The first kappa shape index (κ1) is 10.1. The van der Waals surface area contributed by atoms with Gasteiger partial charge in [-0.05, 0) is 19.4 Å². The molecule has 1 aromatic heterocycles. The average Bonchev–Trinajstić information content (AvgIpc) is 2.66. The zero-order chi connectivity index (χ0) is 10.8. The lowest BCUT2D eigenvalue weighted by Crippen LogP contribution is -2.24. The van der Waals surface area contributed by atoms with Crippen LogP contribution in [-0.4, -0.2) is 17.6 Å². The van der Waals surface area contributed by atoms with E-state index in [0.29, 0.717) is 12.4 Å². The van der Waals surface area contributed by atoms with Crippen LogP contribution in [0.1, 0.15) is 25.4 Å². The monoisotopic (exact) mass is 213 g/mol. The topological polar surface area (TPSA) is 74.7 Å². The Morgan fingerprint density at radius 2 is 2.33 bits per heavy atom. The molecule has 2 unspecified atom stereocenters. The van der Waals surface area contributed by atoms with E-state index in [9.17, 15) is 10.1 Å². The fraction of sp³-hybridized carbons (Fsp3) is 0.556. The van der Waals surface area contributed by atoms with E-state index in [4.69, 9.17) is 13.9 Å². The maximum atomic E-state index is 10.4. The van der Waals surface area contributed by atoms with Crippen LogP contribution in [0.4, 0.5) is 5.88 Å². The van der Waals surface area contributed by atoms with E-state index in [1.807, 2.05) is 6.92 Å². The largest absolute Gasteiger partial charge is 0.433 e. The third-order valence-electron chi connectivity index (χ3n) is 2.17. The number of hydrogen-bond acceptors (Lipinski definition) is 5. The minimum absolute atomic E-state index is 0.0768. The molecule has 0 aromatic carbocycles. The first-order chi connectivity index (χ1) is 7.16. The minimum Gasteiger partial charge on any atom is -0.400 e. The molecule has 1 saturated heterocycles. The van der Waals surface area contributed by atoms with E-state index >= 15 is 0 Å². The quantitative estimate of drug-likeness (QED) is 0.554. The lowest BCUT2D eigenvalue weighted by Gasteiger charge is -2.26. The standard InChI is InChI=1S/C9H11NO5/c1-6-4-5-13-9(14-6)7-2-3-8(15-7)10(11)12/h2-3,6,9H,4-5H2,1H3. The molecule has 0 N–H and O–H groups in total. The minimum atomic E-state index is -0.623. The molecule has 0 spiro atoms. The van der Waals surface area contributed by atoms with Crippen LogP contribution in [0.2, 0.25) is 0 Å². The number of nitrogens with zero attached hydrogens (tertiary/aromatic N) is 1. The number of ether oxygens (including phenoxy) is 2. The van der Waals surface area contributed by atoms with Crippen LogP contribution in [0.15, 0.2) is 16.5 Å².